The second-order valence-corrected chi connectivity index (χ2v) is 3.42. The van der Waals surface area contributed by atoms with Gasteiger partial charge in [-0.15, -0.1) is 12.3 Å². The number of rotatable bonds is 8. The minimum atomic E-state index is -1.15. The Morgan fingerprint density at radius 2 is 1.77 bits per heavy atom. The maximum atomic E-state index is 5.35. The van der Waals surface area contributed by atoms with E-state index in [9.17, 15) is 0 Å². The minimum Gasteiger partial charge on any atom is -0.313 e. The molecule has 0 aliphatic rings. The third kappa shape index (κ3) is 8.21. The Hall–Kier alpha value is -0.130. The molecule has 0 amide bonds. The second kappa shape index (κ2) is 9.95. The van der Waals surface area contributed by atoms with Crippen LogP contribution < -0.4 is 0 Å². The van der Waals surface area contributed by atoms with E-state index in [1.165, 1.54) is 0 Å². The van der Waals surface area contributed by atoms with Gasteiger partial charge in [0.05, 0.1) is 19.8 Å². The molecule has 0 aliphatic carbocycles. The fourth-order valence-corrected chi connectivity index (χ4v) is 1.56. The quantitative estimate of drug-likeness (QED) is 0.345. The Labute approximate surface area is 81.8 Å². The van der Waals surface area contributed by atoms with Gasteiger partial charge in [0.25, 0.3) is 0 Å². The van der Waals surface area contributed by atoms with Crippen LogP contribution in [0.5, 0.6) is 0 Å². The van der Waals surface area contributed by atoms with Crippen molar-refractivity contribution in [1.29, 1.82) is 0 Å². The number of hydrogen-bond donors (Lipinski definition) is 0. The lowest BCUT2D eigenvalue weighted by Gasteiger charge is -2.14. The second-order valence-electron chi connectivity index (χ2n) is 2.20. The Morgan fingerprint density at radius 1 is 1.15 bits per heavy atom. The van der Waals surface area contributed by atoms with Crippen LogP contribution in [0.2, 0.25) is 0 Å². The van der Waals surface area contributed by atoms with E-state index in [1.807, 2.05) is 13.8 Å². The standard InChI is InChI=1S/C9H17O3P/c1-4-7-8-9-12-13(10-5-2)11-6-3/h1H,5-9H2,2-3H3. The molecule has 0 fully saturated rings. The maximum Gasteiger partial charge on any atom is 0.332 e. The van der Waals surface area contributed by atoms with E-state index in [1.54, 1.807) is 0 Å². The third-order valence-corrected chi connectivity index (χ3v) is 2.46. The van der Waals surface area contributed by atoms with Gasteiger partial charge in [-0.25, -0.2) is 0 Å². The number of terminal acetylenes is 1. The van der Waals surface area contributed by atoms with Crippen LogP contribution in [0.3, 0.4) is 0 Å². The molecule has 76 valence electrons. The molecule has 0 rings (SSSR count). The molecule has 0 unspecified atom stereocenters. The smallest absolute Gasteiger partial charge is 0.313 e. The summed E-state index contributed by atoms with van der Waals surface area (Å²) in [6.45, 7) is 5.66. The first-order valence-electron chi connectivity index (χ1n) is 4.47. The molecule has 0 saturated carbocycles. The van der Waals surface area contributed by atoms with Crippen LogP contribution in [0.15, 0.2) is 0 Å². The molecule has 0 atom stereocenters. The molecule has 0 heterocycles. The van der Waals surface area contributed by atoms with Crippen LogP contribution >= 0.6 is 8.60 Å². The third-order valence-electron chi connectivity index (χ3n) is 1.13. The average Bonchev–Trinajstić information content (AvgIpc) is 2.13. The van der Waals surface area contributed by atoms with Crippen molar-refractivity contribution in [3.05, 3.63) is 0 Å². The molecule has 0 saturated heterocycles. The van der Waals surface area contributed by atoms with Gasteiger partial charge in [0.1, 0.15) is 0 Å². The molecule has 0 spiro atoms. The monoisotopic (exact) mass is 204 g/mol. The van der Waals surface area contributed by atoms with Gasteiger partial charge in [-0.2, -0.15) is 0 Å². The van der Waals surface area contributed by atoms with Crippen molar-refractivity contribution in [1.82, 2.24) is 0 Å². The molecule has 0 radical (unpaired) electrons. The molecule has 4 heteroatoms. The first kappa shape index (κ1) is 12.9. The summed E-state index contributed by atoms with van der Waals surface area (Å²) in [5.74, 6) is 2.55. The van der Waals surface area contributed by atoms with E-state index in [0.717, 1.165) is 12.8 Å². The highest BCUT2D eigenvalue weighted by molar-refractivity contribution is 7.41. The molecule has 13 heavy (non-hydrogen) atoms. The van der Waals surface area contributed by atoms with Crippen molar-refractivity contribution < 1.29 is 13.6 Å². The maximum absolute atomic E-state index is 5.35. The van der Waals surface area contributed by atoms with E-state index in [2.05, 4.69) is 5.92 Å². The summed E-state index contributed by atoms with van der Waals surface area (Å²) in [4.78, 5) is 0. The van der Waals surface area contributed by atoms with Gasteiger partial charge in [-0.3, -0.25) is 0 Å². The van der Waals surface area contributed by atoms with Crippen LogP contribution in [0.4, 0.5) is 0 Å². The van der Waals surface area contributed by atoms with Crippen LogP contribution in [-0.2, 0) is 13.6 Å². The molecular formula is C9H17O3P. The van der Waals surface area contributed by atoms with Crippen LogP contribution in [0.25, 0.3) is 0 Å². The van der Waals surface area contributed by atoms with Gasteiger partial charge in [-0.05, 0) is 20.3 Å². The Morgan fingerprint density at radius 3 is 2.23 bits per heavy atom. The SMILES string of the molecule is C#CCCCOP(OCC)OCC. The van der Waals surface area contributed by atoms with E-state index in [-0.39, 0.29) is 0 Å². The fraction of sp³-hybridized carbons (Fsp3) is 0.778. The zero-order valence-electron chi connectivity index (χ0n) is 8.28. The predicted molar refractivity (Wildman–Crippen MR) is 54.2 cm³/mol. The fourth-order valence-electron chi connectivity index (χ4n) is 0.636. The van der Waals surface area contributed by atoms with Crippen molar-refractivity contribution >= 4 is 8.60 Å². The lowest BCUT2D eigenvalue weighted by atomic mass is 10.3. The molecule has 0 aromatic heterocycles. The summed E-state index contributed by atoms with van der Waals surface area (Å²) in [5, 5.41) is 0. The van der Waals surface area contributed by atoms with E-state index >= 15 is 0 Å². The first-order valence-corrected chi connectivity index (χ1v) is 5.57. The van der Waals surface area contributed by atoms with Crippen molar-refractivity contribution in [2.75, 3.05) is 19.8 Å². The summed E-state index contributed by atoms with van der Waals surface area (Å²) < 4.78 is 15.8. The van der Waals surface area contributed by atoms with Crippen LogP contribution in [-0.4, -0.2) is 19.8 Å². The van der Waals surface area contributed by atoms with Crippen molar-refractivity contribution in [2.45, 2.75) is 26.7 Å². The Bertz CT molecular complexity index is 138. The zero-order chi connectivity index (χ0) is 9.94. The summed E-state index contributed by atoms with van der Waals surface area (Å²) in [6, 6.07) is 0. The summed E-state index contributed by atoms with van der Waals surface area (Å²) in [5.41, 5.74) is 0. The Balaban J connectivity index is 3.39. The highest BCUT2D eigenvalue weighted by Gasteiger charge is 2.09. The van der Waals surface area contributed by atoms with Gasteiger partial charge >= 0.3 is 8.60 Å². The molecule has 0 aromatic carbocycles. The molecule has 3 nitrogen and oxygen atoms in total. The van der Waals surface area contributed by atoms with E-state index in [4.69, 9.17) is 20.0 Å². The number of hydrogen-bond acceptors (Lipinski definition) is 3. The molecular weight excluding hydrogens is 187 g/mol. The lowest BCUT2D eigenvalue weighted by Crippen LogP contribution is -1.96. The predicted octanol–water partition coefficient (Wildman–Crippen LogP) is 2.72. The zero-order valence-corrected chi connectivity index (χ0v) is 9.18. The molecule has 0 aromatic rings. The van der Waals surface area contributed by atoms with Crippen molar-refractivity contribution in [3.8, 4) is 12.3 Å². The van der Waals surface area contributed by atoms with Crippen LogP contribution in [0, 0.1) is 12.3 Å². The first-order chi connectivity index (χ1) is 6.35. The molecule has 0 N–H and O–H groups in total. The van der Waals surface area contributed by atoms with Gasteiger partial charge < -0.3 is 13.6 Å². The van der Waals surface area contributed by atoms with E-state index < -0.39 is 8.60 Å². The normalized spacial score (nSPS) is 10.3. The molecule has 0 bridgehead atoms. The Kier molecular flexibility index (Phi) is 9.85. The largest absolute Gasteiger partial charge is 0.332 e. The summed E-state index contributed by atoms with van der Waals surface area (Å²) >= 11 is 0. The summed E-state index contributed by atoms with van der Waals surface area (Å²) in [7, 11) is -1.15. The van der Waals surface area contributed by atoms with Gasteiger partial charge in [0, 0.05) is 6.42 Å². The van der Waals surface area contributed by atoms with Gasteiger partial charge in [0.15, 0.2) is 0 Å². The van der Waals surface area contributed by atoms with Crippen molar-refractivity contribution in [2.24, 2.45) is 0 Å². The average molecular weight is 204 g/mol. The highest BCUT2D eigenvalue weighted by atomic mass is 31.2. The molecule has 0 aliphatic heterocycles. The minimum absolute atomic E-state index is 0.607. The number of unbranched alkanes of at least 4 members (excludes halogenated alkanes) is 1. The van der Waals surface area contributed by atoms with Gasteiger partial charge in [0.2, 0.25) is 0 Å². The van der Waals surface area contributed by atoms with Crippen molar-refractivity contribution in [3.63, 3.8) is 0 Å². The van der Waals surface area contributed by atoms with E-state index in [0.29, 0.717) is 19.8 Å². The summed E-state index contributed by atoms with van der Waals surface area (Å²) in [6.07, 6.45) is 6.69. The topological polar surface area (TPSA) is 27.7 Å². The highest BCUT2D eigenvalue weighted by Crippen LogP contribution is 2.39. The van der Waals surface area contributed by atoms with Gasteiger partial charge in [-0.1, -0.05) is 0 Å². The lowest BCUT2D eigenvalue weighted by molar-refractivity contribution is 0.169. The van der Waals surface area contributed by atoms with Crippen LogP contribution in [0.1, 0.15) is 26.7 Å².